The predicted octanol–water partition coefficient (Wildman–Crippen LogP) is -0.298. The molecule has 1 unspecified atom stereocenters. The van der Waals surface area contributed by atoms with Gasteiger partial charge in [0.05, 0.1) is 12.4 Å². The lowest BCUT2D eigenvalue weighted by Gasteiger charge is -2.18. The summed E-state index contributed by atoms with van der Waals surface area (Å²) in [5.41, 5.74) is -0.256. The van der Waals surface area contributed by atoms with Crippen LogP contribution in [0.15, 0.2) is 0 Å². The summed E-state index contributed by atoms with van der Waals surface area (Å²) < 4.78 is 26.5. The molecule has 1 fully saturated rings. The molecule has 0 aromatic rings. The van der Waals surface area contributed by atoms with Gasteiger partial charge in [-0.25, -0.2) is 13.6 Å². The molecule has 1 rings (SSSR count). The Hall–Kier alpha value is -0.130. The van der Waals surface area contributed by atoms with E-state index in [0.717, 1.165) is 6.42 Å². The van der Waals surface area contributed by atoms with Crippen LogP contribution >= 0.6 is 0 Å². The first-order chi connectivity index (χ1) is 4.91. The molecule has 1 saturated heterocycles. The zero-order valence-corrected chi connectivity index (χ0v) is 7.36. The van der Waals surface area contributed by atoms with Crippen LogP contribution in [0.25, 0.3) is 0 Å². The quantitative estimate of drug-likeness (QED) is 0.632. The molecule has 1 atom stereocenters. The molecule has 0 radical (unpaired) electrons. The monoisotopic (exact) mass is 179 g/mol. The van der Waals surface area contributed by atoms with Crippen LogP contribution in [-0.4, -0.2) is 27.4 Å². The van der Waals surface area contributed by atoms with Crippen molar-refractivity contribution >= 4 is 10.0 Å². The lowest BCUT2D eigenvalue weighted by Crippen LogP contribution is -2.31. The molecule has 11 heavy (non-hydrogen) atoms. The third-order valence-electron chi connectivity index (χ3n) is 1.85. The van der Waals surface area contributed by atoms with Gasteiger partial charge in [0.1, 0.15) is 0 Å². The van der Waals surface area contributed by atoms with Gasteiger partial charge in [0.15, 0.2) is 0 Å². The molecule has 5 heteroatoms. The molecule has 0 aromatic carbocycles. The van der Waals surface area contributed by atoms with E-state index < -0.39 is 10.0 Å². The van der Waals surface area contributed by atoms with Crippen LogP contribution in [0.1, 0.15) is 13.3 Å². The molecule has 0 amide bonds. The van der Waals surface area contributed by atoms with Crippen molar-refractivity contribution in [2.45, 2.75) is 13.3 Å². The Morgan fingerprint density at radius 2 is 2.27 bits per heavy atom. The molecule has 0 bridgehead atoms. The van der Waals surface area contributed by atoms with Crippen molar-refractivity contribution < 1.29 is 13.2 Å². The Balaban J connectivity index is 2.60. The number of nitrogens with two attached hydrogens (primary N) is 1. The minimum Gasteiger partial charge on any atom is -0.381 e. The normalized spacial score (nSPS) is 32.5. The lowest BCUT2D eigenvalue weighted by molar-refractivity contribution is 0.167. The maximum absolute atomic E-state index is 10.7. The molecular formula is C6H13NO3S. The van der Waals surface area contributed by atoms with Gasteiger partial charge in [-0.15, -0.1) is 0 Å². The van der Waals surface area contributed by atoms with Crippen LogP contribution in [0.4, 0.5) is 0 Å². The third-order valence-corrected chi connectivity index (χ3v) is 2.95. The van der Waals surface area contributed by atoms with E-state index in [1.165, 1.54) is 0 Å². The van der Waals surface area contributed by atoms with Crippen molar-refractivity contribution in [3.8, 4) is 0 Å². The standard InChI is InChI=1S/C6H13NO3S/c1-6(2-3-10-4-6)5-11(7,8)9/h2-5H2,1H3,(H2,7,8,9). The number of rotatable bonds is 2. The largest absolute Gasteiger partial charge is 0.381 e. The number of hydrogen-bond donors (Lipinski definition) is 1. The molecule has 66 valence electrons. The van der Waals surface area contributed by atoms with E-state index in [-0.39, 0.29) is 11.2 Å². The molecule has 2 N–H and O–H groups in total. The first kappa shape index (κ1) is 8.96. The molecule has 1 aliphatic heterocycles. The summed E-state index contributed by atoms with van der Waals surface area (Å²) in [6.07, 6.45) is 0.781. The fourth-order valence-corrected chi connectivity index (χ4v) is 2.51. The van der Waals surface area contributed by atoms with Crippen molar-refractivity contribution in [2.75, 3.05) is 19.0 Å². The van der Waals surface area contributed by atoms with Gasteiger partial charge in [-0.1, -0.05) is 6.92 Å². The summed E-state index contributed by atoms with van der Waals surface area (Å²) >= 11 is 0. The van der Waals surface area contributed by atoms with Crippen LogP contribution in [0.3, 0.4) is 0 Å². The van der Waals surface area contributed by atoms with E-state index in [4.69, 9.17) is 9.88 Å². The van der Waals surface area contributed by atoms with E-state index in [1.807, 2.05) is 6.92 Å². The molecule has 0 saturated carbocycles. The van der Waals surface area contributed by atoms with E-state index in [9.17, 15) is 8.42 Å². The van der Waals surface area contributed by atoms with E-state index >= 15 is 0 Å². The molecule has 1 heterocycles. The Bertz CT molecular complexity index is 228. The maximum atomic E-state index is 10.7. The van der Waals surface area contributed by atoms with Crippen molar-refractivity contribution in [3.63, 3.8) is 0 Å². The zero-order valence-electron chi connectivity index (χ0n) is 6.54. The van der Waals surface area contributed by atoms with Crippen molar-refractivity contribution in [1.29, 1.82) is 0 Å². The highest BCUT2D eigenvalue weighted by Crippen LogP contribution is 2.28. The van der Waals surface area contributed by atoms with Gasteiger partial charge < -0.3 is 4.74 Å². The average molecular weight is 179 g/mol. The summed E-state index contributed by atoms with van der Waals surface area (Å²) in [6.45, 7) is 3.03. The minimum atomic E-state index is -3.35. The van der Waals surface area contributed by atoms with Gasteiger partial charge in [0.2, 0.25) is 10.0 Å². The number of primary sulfonamides is 1. The first-order valence-electron chi connectivity index (χ1n) is 3.50. The average Bonchev–Trinajstić information content (AvgIpc) is 2.09. The third kappa shape index (κ3) is 2.76. The highest BCUT2D eigenvalue weighted by molar-refractivity contribution is 7.89. The van der Waals surface area contributed by atoms with Crippen molar-refractivity contribution in [3.05, 3.63) is 0 Å². The van der Waals surface area contributed by atoms with Crippen LogP contribution in [-0.2, 0) is 14.8 Å². The van der Waals surface area contributed by atoms with Gasteiger partial charge >= 0.3 is 0 Å². The summed E-state index contributed by atoms with van der Waals surface area (Å²) in [7, 11) is -3.35. The van der Waals surface area contributed by atoms with Crippen LogP contribution in [0.2, 0.25) is 0 Å². The summed E-state index contributed by atoms with van der Waals surface area (Å²) in [6, 6.07) is 0. The minimum absolute atomic E-state index is 0.0278. The van der Waals surface area contributed by atoms with E-state index in [1.54, 1.807) is 0 Å². The Morgan fingerprint density at radius 1 is 1.64 bits per heavy atom. The Labute approximate surface area is 66.8 Å². The summed E-state index contributed by atoms with van der Waals surface area (Å²) in [4.78, 5) is 0. The van der Waals surface area contributed by atoms with Gasteiger partial charge in [0, 0.05) is 12.0 Å². The zero-order chi connectivity index (χ0) is 8.54. The number of hydrogen-bond acceptors (Lipinski definition) is 3. The number of ether oxygens (including phenoxy) is 1. The molecular weight excluding hydrogens is 166 g/mol. The van der Waals surface area contributed by atoms with Crippen molar-refractivity contribution in [1.82, 2.24) is 0 Å². The first-order valence-corrected chi connectivity index (χ1v) is 5.21. The smallest absolute Gasteiger partial charge is 0.209 e. The Morgan fingerprint density at radius 3 is 2.64 bits per heavy atom. The maximum Gasteiger partial charge on any atom is 0.209 e. The highest BCUT2D eigenvalue weighted by Gasteiger charge is 2.33. The van der Waals surface area contributed by atoms with Gasteiger partial charge in [-0.05, 0) is 6.42 Å². The highest BCUT2D eigenvalue weighted by atomic mass is 32.2. The second kappa shape index (κ2) is 2.73. The second-order valence-electron chi connectivity index (χ2n) is 3.42. The Kier molecular flexibility index (Phi) is 2.22. The topological polar surface area (TPSA) is 69.4 Å². The summed E-state index contributed by atoms with van der Waals surface area (Å²) in [5, 5.41) is 4.92. The van der Waals surface area contributed by atoms with E-state index in [0.29, 0.717) is 13.2 Å². The fourth-order valence-electron chi connectivity index (χ4n) is 1.31. The fraction of sp³-hybridized carbons (Fsp3) is 1.00. The second-order valence-corrected chi connectivity index (χ2v) is 5.03. The van der Waals surface area contributed by atoms with Crippen molar-refractivity contribution in [2.24, 2.45) is 10.6 Å². The van der Waals surface area contributed by atoms with Crippen LogP contribution in [0.5, 0.6) is 0 Å². The lowest BCUT2D eigenvalue weighted by atomic mass is 9.93. The van der Waals surface area contributed by atoms with Crippen LogP contribution in [0, 0.1) is 5.41 Å². The van der Waals surface area contributed by atoms with E-state index in [2.05, 4.69) is 0 Å². The molecule has 1 aliphatic rings. The molecule has 0 spiro atoms. The molecule has 0 aliphatic carbocycles. The predicted molar refractivity (Wildman–Crippen MR) is 41.5 cm³/mol. The van der Waals surface area contributed by atoms with Gasteiger partial charge in [-0.2, -0.15) is 0 Å². The SMILES string of the molecule is CC1(CS(N)(=O)=O)CCOC1. The molecule has 0 aromatic heterocycles. The van der Waals surface area contributed by atoms with Gasteiger partial charge in [-0.3, -0.25) is 0 Å². The van der Waals surface area contributed by atoms with Crippen LogP contribution < -0.4 is 5.14 Å². The number of sulfonamides is 1. The van der Waals surface area contributed by atoms with Gasteiger partial charge in [0.25, 0.3) is 0 Å². The summed E-state index contributed by atoms with van der Waals surface area (Å²) in [5.74, 6) is 0.0278. The molecule has 4 nitrogen and oxygen atoms in total.